The largest absolute Gasteiger partial charge is 0.366 e. The van der Waals surface area contributed by atoms with Gasteiger partial charge in [0.15, 0.2) is 0 Å². The van der Waals surface area contributed by atoms with Crippen LogP contribution in [0.4, 0.5) is 0 Å². The Labute approximate surface area is 123 Å². The van der Waals surface area contributed by atoms with E-state index in [0.717, 1.165) is 32.3 Å². The third-order valence-corrected chi connectivity index (χ3v) is 4.00. The first kappa shape index (κ1) is 12.9. The molecule has 3 rings (SSSR count). The number of nitrogens with one attached hydrogen (secondary N) is 1. The number of hydrogen-bond donors (Lipinski definition) is 2. The molecule has 1 aromatic carbocycles. The second-order valence-corrected chi connectivity index (χ2v) is 5.59. The standard InChI is InChI=1S/C14H13BrN4O/c1-7-10(6-19(2)18-7)12-5-9-11(15)4-3-8(14(16)20)13(9)17-12/h3-6,17H,1-2H3,(H2,16,20). The van der Waals surface area contributed by atoms with Crippen LogP contribution < -0.4 is 5.73 Å². The molecule has 0 unspecified atom stereocenters. The molecule has 0 radical (unpaired) electrons. The van der Waals surface area contributed by atoms with E-state index >= 15 is 0 Å². The first-order valence-corrected chi connectivity index (χ1v) is 6.88. The van der Waals surface area contributed by atoms with E-state index in [0.29, 0.717) is 5.56 Å². The SMILES string of the molecule is Cc1nn(C)cc1-c1cc2c(Br)ccc(C(N)=O)c2[nH]1. The van der Waals surface area contributed by atoms with E-state index < -0.39 is 5.91 Å². The maximum atomic E-state index is 11.5. The summed E-state index contributed by atoms with van der Waals surface area (Å²) in [4.78, 5) is 14.8. The zero-order valence-electron chi connectivity index (χ0n) is 11.1. The fourth-order valence-electron chi connectivity index (χ4n) is 2.40. The summed E-state index contributed by atoms with van der Waals surface area (Å²) in [6, 6.07) is 5.54. The number of aromatic amines is 1. The van der Waals surface area contributed by atoms with Crippen LogP contribution in [-0.2, 0) is 7.05 Å². The zero-order chi connectivity index (χ0) is 14.4. The minimum absolute atomic E-state index is 0.446. The number of halogens is 1. The number of carbonyl (C=O) groups is 1. The van der Waals surface area contributed by atoms with E-state index in [4.69, 9.17) is 5.73 Å². The second-order valence-electron chi connectivity index (χ2n) is 4.73. The third kappa shape index (κ3) is 1.92. The maximum Gasteiger partial charge on any atom is 0.250 e. The van der Waals surface area contributed by atoms with Gasteiger partial charge in [-0.25, -0.2) is 0 Å². The van der Waals surface area contributed by atoms with Crippen LogP contribution in [0.25, 0.3) is 22.2 Å². The van der Waals surface area contributed by atoms with Gasteiger partial charge in [0.05, 0.1) is 16.8 Å². The number of aromatic nitrogens is 3. The van der Waals surface area contributed by atoms with Gasteiger partial charge >= 0.3 is 0 Å². The molecule has 2 heterocycles. The molecule has 0 saturated carbocycles. The van der Waals surface area contributed by atoms with E-state index in [-0.39, 0.29) is 0 Å². The molecule has 0 aliphatic carbocycles. The van der Waals surface area contributed by atoms with Crippen molar-refractivity contribution in [2.45, 2.75) is 6.92 Å². The molecule has 5 nitrogen and oxygen atoms in total. The monoisotopic (exact) mass is 332 g/mol. The van der Waals surface area contributed by atoms with Gasteiger partial charge in [0.2, 0.25) is 0 Å². The normalized spacial score (nSPS) is 11.2. The summed E-state index contributed by atoms with van der Waals surface area (Å²) in [5.41, 5.74) is 9.49. The fourth-order valence-corrected chi connectivity index (χ4v) is 2.84. The Morgan fingerprint density at radius 1 is 1.45 bits per heavy atom. The predicted molar refractivity (Wildman–Crippen MR) is 81.5 cm³/mol. The van der Waals surface area contributed by atoms with Gasteiger partial charge in [0.1, 0.15) is 0 Å². The maximum absolute atomic E-state index is 11.5. The Balaban J connectivity index is 2.30. The summed E-state index contributed by atoms with van der Waals surface area (Å²) in [5.74, 6) is -0.446. The van der Waals surface area contributed by atoms with E-state index in [1.165, 1.54) is 0 Å². The highest BCUT2D eigenvalue weighted by Crippen LogP contribution is 2.32. The highest BCUT2D eigenvalue weighted by atomic mass is 79.9. The summed E-state index contributed by atoms with van der Waals surface area (Å²) in [6.45, 7) is 1.95. The number of fused-ring (bicyclic) bond motifs is 1. The Morgan fingerprint density at radius 2 is 2.20 bits per heavy atom. The molecule has 6 heteroatoms. The van der Waals surface area contributed by atoms with E-state index in [2.05, 4.69) is 26.0 Å². The van der Waals surface area contributed by atoms with Crippen molar-refractivity contribution in [3.05, 3.63) is 40.1 Å². The number of hydrogen-bond acceptors (Lipinski definition) is 2. The average Bonchev–Trinajstić information content (AvgIpc) is 2.93. The van der Waals surface area contributed by atoms with Gasteiger partial charge in [-0.2, -0.15) is 5.10 Å². The van der Waals surface area contributed by atoms with Crippen LogP contribution in [0.5, 0.6) is 0 Å². The van der Waals surface area contributed by atoms with E-state index in [1.807, 2.05) is 32.3 Å². The number of benzene rings is 1. The van der Waals surface area contributed by atoms with Gasteiger partial charge in [-0.3, -0.25) is 9.48 Å². The van der Waals surface area contributed by atoms with Crippen molar-refractivity contribution >= 4 is 32.7 Å². The molecule has 0 atom stereocenters. The molecule has 3 aromatic rings. The summed E-state index contributed by atoms with van der Waals surface area (Å²) < 4.78 is 2.68. The average molecular weight is 333 g/mol. The van der Waals surface area contributed by atoms with Gasteiger partial charge in [0.25, 0.3) is 5.91 Å². The molecule has 0 saturated heterocycles. The summed E-state index contributed by atoms with van der Waals surface area (Å²) in [7, 11) is 1.88. The molecule has 0 aliphatic rings. The zero-order valence-corrected chi connectivity index (χ0v) is 12.7. The van der Waals surface area contributed by atoms with Crippen LogP contribution >= 0.6 is 15.9 Å². The number of primary amides is 1. The van der Waals surface area contributed by atoms with Crippen molar-refractivity contribution in [1.82, 2.24) is 14.8 Å². The second kappa shape index (κ2) is 4.49. The van der Waals surface area contributed by atoms with Crippen LogP contribution in [0.15, 0.2) is 28.9 Å². The minimum atomic E-state index is -0.446. The molecule has 0 fully saturated rings. The molecule has 0 bridgehead atoms. The van der Waals surface area contributed by atoms with Crippen LogP contribution in [0.1, 0.15) is 16.1 Å². The predicted octanol–water partition coefficient (Wildman–Crippen LogP) is 2.74. The number of aryl methyl sites for hydroxylation is 2. The Bertz CT molecular complexity index is 831. The molecule has 20 heavy (non-hydrogen) atoms. The van der Waals surface area contributed by atoms with Gasteiger partial charge in [-0.1, -0.05) is 15.9 Å². The van der Waals surface area contributed by atoms with Crippen LogP contribution in [0.3, 0.4) is 0 Å². The summed E-state index contributed by atoms with van der Waals surface area (Å²) >= 11 is 3.50. The highest BCUT2D eigenvalue weighted by molar-refractivity contribution is 9.10. The van der Waals surface area contributed by atoms with E-state index in [9.17, 15) is 4.79 Å². The van der Waals surface area contributed by atoms with Gasteiger partial charge in [-0.05, 0) is 25.1 Å². The third-order valence-electron chi connectivity index (χ3n) is 3.31. The van der Waals surface area contributed by atoms with Crippen molar-refractivity contribution < 1.29 is 4.79 Å². The molecule has 2 aromatic heterocycles. The Kier molecular flexibility index (Phi) is 2.90. The summed E-state index contributed by atoms with van der Waals surface area (Å²) in [5, 5.41) is 5.26. The first-order chi connectivity index (χ1) is 9.47. The van der Waals surface area contributed by atoms with Gasteiger partial charge in [0, 0.05) is 34.4 Å². The first-order valence-electron chi connectivity index (χ1n) is 6.09. The molecular weight excluding hydrogens is 320 g/mol. The van der Waals surface area contributed by atoms with Crippen LogP contribution in [0, 0.1) is 6.92 Å². The molecule has 0 aliphatic heterocycles. The molecular formula is C14H13BrN4O. The Morgan fingerprint density at radius 3 is 2.80 bits per heavy atom. The number of carbonyl (C=O) groups excluding carboxylic acids is 1. The van der Waals surface area contributed by atoms with Crippen molar-refractivity contribution in [3.63, 3.8) is 0 Å². The van der Waals surface area contributed by atoms with Crippen LogP contribution in [-0.4, -0.2) is 20.7 Å². The number of nitrogens with zero attached hydrogens (tertiary/aromatic N) is 2. The van der Waals surface area contributed by atoms with Crippen molar-refractivity contribution in [1.29, 1.82) is 0 Å². The summed E-state index contributed by atoms with van der Waals surface area (Å²) in [6.07, 6.45) is 1.94. The van der Waals surface area contributed by atoms with Gasteiger partial charge in [-0.15, -0.1) is 0 Å². The molecule has 0 spiro atoms. The lowest BCUT2D eigenvalue weighted by Crippen LogP contribution is -2.11. The lowest BCUT2D eigenvalue weighted by molar-refractivity contribution is 0.100. The minimum Gasteiger partial charge on any atom is -0.366 e. The number of amides is 1. The fraction of sp³-hybridized carbons (Fsp3) is 0.143. The van der Waals surface area contributed by atoms with E-state index in [1.54, 1.807) is 10.7 Å². The van der Waals surface area contributed by atoms with Crippen molar-refractivity contribution in [2.24, 2.45) is 12.8 Å². The molecule has 1 amide bonds. The number of nitrogens with two attached hydrogens (primary N) is 1. The number of H-pyrrole nitrogens is 1. The van der Waals surface area contributed by atoms with Crippen molar-refractivity contribution in [3.8, 4) is 11.3 Å². The Hall–Kier alpha value is -2.08. The highest BCUT2D eigenvalue weighted by Gasteiger charge is 2.15. The lowest BCUT2D eigenvalue weighted by atomic mass is 10.1. The van der Waals surface area contributed by atoms with Crippen molar-refractivity contribution in [2.75, 3.05) is 0 Å². The quantitative estimate of drug-likeness (QED) is 0.756. The topological polar surface area (TPSA) is 76.7 Å². The molecule has 102 valence electrons. The smallest absolute Gasteiger partial charge is 0.250 e. The lowest BCUT2D eigenvalue weighted by Gasteiger charge is -1.99. The number of rotatable bonds is 2. The van der Waals surface area contributed by atoms with Crippen LogP contribution in [0.2, 0.25) is 0 Å². The molecule has 3 N–H and O–H groups in total. The van der Waals surface area contributed by atoms with Gasteiger partial charge < -0.3 is 10.7 Å².